The molecule has 1 aromatic carbocycles. The number of carboxylic acids is 1. The second kappa shape index (κ2) is 6.00. The van der Waals surface area contributed by atoms with Gasteiger partial charge >= 0.3 is 5.97 Å². The lowest BCUT2D eigenvalue weighted by atomic mass is 10.1. The number of nitrogens with two attached hydrogens (primary N) is 1. The van der Waals surface area contributed by atoms with Gasteiger partial charge in [-0.05, 0) is 12.5 Å². The standard InChI is InChI=1S/C12H16N2O3/c1-8-3-2-4-9(5-8)7-14-12(17)10(13)6-11(15)16/h2-5,10H,6-7,13H2,1H3,(H,14,17)(H,15,16). The largest absolute Gasteiger partial charge is 0.481 e. The van der Waals surface area contributed by atoms with E-state index in [1.54, 1.807) is 0 Å². The first kappa shape index (κ1) is 13.2. The van der Waals surface area contributed by atoms with Crippen LogP contribution >= 0.6 is 0 Å². The predicted octanol–water partition coefficient (Wildman–Crippen LogP) is 0.413. The maximum Gasteiger partial charge on any atom is 0.305 e. The summed E-state index contributed by atoms with van der Waals surface area (Å²) < 4.78 is 0. The summed E-state index contributed by atoms with van der Waals surface area (Å²) >= 11 is 0. The molecule has 0 aromatic heterocycles. The number of carboxylic acid groups (broad SMARTS) is 1. The Morgan fingerprint density at radius 1 is 1.47 bits per heavy atom. The fourth-order valence-corrected chi connectivity index (χ4v) is 1.42. The van der Waals surface area contributed by atoms with Crippen LogP contribution in [0.2, 0.25) is 0 Å². The maximum atomic E-state index is 11.4. The lowest BCUT2D eigenvalue weighted by molar-refractivity contribution is -0.139. The van der Waals surface area contributed by atoms with Crippen LogP contribution in [0.5, 0.6) is 0 Å². The van der Waals surface area contributed by atoms with E-state index in [2.05, 4.69) is 5.32 Å². The first-order valence-corrected chi connectivity index (χ1v) is 5.29. The molecular formula is C12H16N2O3. The van der Waals surface area contributed by atoms with Gasteiger partial charge in [-0.2, -0.15) is 0 Å². The molecule has 0 spiro atoms. The van der Waals surface area contributed by atoms with Crippen LogP contribution in [0.25, 0.3) is 0 Å². The summed E-state index contributed by atoms with van der Waals surface area (Å²) in [6, 6.07) is 6.69. The molecule has 1 atom stereocenters. The second-order valence-corrected chi connectivity index (χ2v) is 3.91. The van der Waals surface area contributed by atoms with Crippen molar-refractivity contribution in [1.29, 1.82) is 0 Å². The van der Waals surface area contributed by atoms with Crippen molar-refractivity contribution in [1.82, 2.24) is 5.32 Å². The number of carbonyl (C=O) groups is 2. The number of hydrogen-bond donors (Lipinski definition) is 3. The molecule has 92 valence electrons. The molecule has 1 aromatic rings. The van der Waals surface area contributed by atoms with Gasteiger partial charge in [-0.15, -0.1) is 0 Å². The predicted molar refractivity (Wildman–Crippen MR) is 63.3 cm³/mol. The fraction of sp³-hybridized carbons (Fsp3) is 0.333. The molecule has 0 aliphatic rings. The number of carbonyl (C=O) groups excluding carboxylic acids is 1. The molecule has 5 heteroatoms. The molecule has 4 N–H and O–H groups in total. The minimum absolute atomic E-state index is 0.355. The zero-order valence-corrected chi connectivity index (χ0v) is 9.64. The third-order valence-corrected chi connectivity index (χ3v) is 2.28. The van der Waals surface area contributed by atoms with Crippen molar-refractivity contribution in [2.75, 3.05) is 0 Å². The number of rotatable bonds is 5. The smallest absolute Gasteiger partial charge is 0.305 e. The third-order valence-electron chi connectivity index (χ3n) is 2.28. The van der Waals surface area contributed by atoms with E-state index in [4.69, 9.17) is 10.8 Å². The molecule has 1 amide bonds. The van der Waals surface area contributed by atoms with E-state index in [0.717, 1.165) is 11.1 Å². The van der Waals surface area contributed by atoms with Crippen molar-refractivity contribution in [3.05, 3.63) is 35.4 Å². The molecule has 5 nitrogen and oxygen atoms in total. The van der Waals surface area contributed by atoms with Crippen LogP contribution < -0.4 is 11.1 Å². The number of benzene rings is 1. The third kappa shape index (κ3) is 4.65. The van der Waals surface area contributed by atoms with E-state index < -0.39 is 17.9 Å². The number of amides is 1. The Balaban J connectivity index is 2.45. The van der Waals surface area contributed by atoms with Crippen LogP contribution in [-0.4, -0.2) is 23.0 Å². The monoisotopic (exact) mass is 236 g/mol. The number of nitrogens with one attached hydrogen (secondary N) is 1. The Morgan fingerprint density at radius 2 is 2.18 bits per heavy atom. The van der Waals surface area contributed by atoms with Crippen molar-refractivity contribution in [3.63, 3.8) is 0 Å². The van der Waals surface area contributed by atoms with Gasteiger partial charge in [0, 0.05) is 6.54 Å². The second-order valence-electron chi connectivity index (χ2n) is 3.91. The average molecular weight is 236 g/mol. The summed E-state index contributed by atoms with van der Waals surface area (Å²) in [5, 5.41) is 11.1. The highest BCUT2D eigenvalue weighted by Gasteiger charge is 2.16. The molecule has 0 saturated carbocycles. The highest BCUT2D eigenvalue weighted by molar-refractivity contribution is 5.85. The lowest BCUT2D eigenvalue weighted by Crippen LogP contribution is -2.41. The highest BCUT2D eigenvalue weighted by atomic mass is 16.4. The molecule has 1 rings (SSSR count). The van der Waals surface area contributed by atoms with Gasteiger partial charge in [0.25, 0.3) is 0 Å². The van der Waals surface area contributed by atoms with Gasteiger partial charge < -0.3 is 16.2 Å². The van der Waals surface area contributed by atoms with E-state index in [9.17, 15) is 9.59 Å². The first-order valence-electron chi connectivity index (χ1n) is 5.29. The van der Waals surface area contributed by atoms with Crippen LogP contribution in [0, 0.1) is 6.92 Å². The molecule has 0 bridgehead atoms. The summed E-state index contributed by atoms with van der Waals surface area (Å²) in [6.07, 6.45) is -0.361. The zero-order chi connectivity index (χ0) is 12.8. The van der Waals surface area contributed by atoms with E-state index in [1.807, 2.05) is 31.2 Å². The molecule has 0 aliphatic heterocycles. The van der Waals surface area contributed by atoms with E-state index >= 15 is 0 Å². The van der Waals surface area contributed by atoms with Gasteiger partial charge in [-0.25, -0.2) is 0 Å². The van der Waals surface area contributed by atoms with Gasteiger partial charge in [-0.3, -0.25) is 9.59 Å². The zero-order valence-electron chi connectivity index (χ0n) is 9.64. The Morgan fingerprint density at radius 3 is 2.76 bits per heavy atom. The van der Waals surface area contributed by atoms with Crippen molar-refractivity contribution in [2.24, 2.45) is 5.73 Å². The van der Waals surface area contributed by atoms with Crippen molar-refractivity contribution < 1.29 is 14.7 Å². The van der Waals surface area contributed by atoms with Gasteiger partial charge in [0.05, 0.1) is 12.5 Å². The maximum absolute atomic E-state index is 11.4. The van der Waals surface area contributed by atoms with Gasteiger partial charge in [0.15, 0.2) is 0 Å². The molecular weight excluding hydrogens is 220 g/mol. The number of aryl methyl sites for hydroxylation is 1. The summed E-state index contributed by atoms with van der Waals surface area (Å²) in [5.74, 6) is -1.53. The van der Waals surface area contributed by atoms with E-state index in [1.165, 1.54) is 0 Å². The highest BCUT2D eigenvalue weighted by Crippen LogP contribution is 2.03. The Labute approximate surface area is 99.6 Å². The van der Waals surface area contributed by atoms with Crippen LogP contribution in [0.15, 0.2) is 24.3 Å². The van der Waals surface area contributed by atoms with Crippen LogP contribution in [-0.2, 0) is 16.1 Å². The molecule has 1 unspecified atom stereocenters. The average Bonchev–Trinajstić information content (AvgIpc) is 2.25. The Kier molecular flexibility index (Phi) is 4.66. The van der Waals surface area contributed by atoms with E-state index in [-0.39, 0.29) is 6.42 Å². The van der Waals surface area contributed by atoms with Crippen molar-refractivity contribution in [2.45, 2.75) is 25.9 Å². The van der Waals surface area contributed by atoms with Crippen LogP contribution in [0.4, 0.5) is 0 Å². The summed E-state index contributed by atoms with van der Waals surface area (Å²) in [5.41, 5.74) is 7.48. The number of hydrogen-bond acceptors (Lipinski definition) is 3. The Bertz CT molecular complexity index is 418. The molecule has 0 saturated heterocycles. The summed E-state index contributed by atoms with van der Waals surface area (Å²) in [6.45, 7) is 2.31. The van der Waals surface area contributed by atoms with Gasteiger partial charge in [0.1, 0.15) is 0 Å². The first-order chi connectivity index (χ1) is 7.99. The fourth-order valence-electron chi connectivity index (χ4n) is 1.42. The molecule has 0 heterocycles. The van der Waals surface area contributed by atoms with Crippen LogP contribution in [0.1, 0.15) is 17.5 Å². The van der Waals surface area contributed by atoms with Gasteiger partial charge in [0.2, 0.25) is 5.91 Å². The normalized spacial score (nSPS) is 11.9. The summed E-state index contributed by atoms with van der Waals surface area (Å²) in [4.78, 5) is 21.8. The molecule has 0 fully saturated rings. The molecule has 0 radical (unpaired) electrons. The SMILES string of the molecule is Cc1cccc(CNC(=O)C(N)CC(=O)O)c1. The quantitative estimate of drug-likeness (QED) is 0.690. The molecule has 17 heavy (non-hydrogen) atoms. The van der Waals surface area contributed by atoms with E-state index in [0.29, 0.717) is 6.54 Å². The number of aliphatic carboxylic acids is 1. The van der Waals surface area contributed by atoms with Gasteiger partial charge in [-0.1, -0.05) is 29.8 Å². The molecule has 0 aliphatic carbocycles. The van der Waals surface area contributed by atoms with Crippen molar-refractivity contribution in [3.8, 4) is 0 Å². The Hall–Kier alpha value is -1.88. The van der Waals surface area contributed by atoms with Crippen molar-refractivity contribution >= 4 is 11.9 Å². The topological polar surface area (TPSA) is 92.4 Å². The summed E-state index contributed by atoms with van der Waals surface area (Å²) in [7, 11) is 0. The minimum atomic E-state index is -1.08. The lowest BCUT2D eigenvalue weighted by Gasteiger charge is -2.10. The minimum Gasteiger partial charge on any atom is -0.481 e. The van der Waals surface area contributed by atoms with Crippen LogP contribution in [0.3, 0.4) is 0 Å².